The molecule has 0 saturated carbocycles. The summed E-state index contributed by atoms with van der Waals surface area (Å²) in [6, 6.07) is 6.54. The van der Waals surface area contributed by atoms with E-state index in [-0.39, 0.29) is 23.1 Å². The van der Waals surface area contributed by atoms with Crippen LogP contribution in [-0.2, 0) is 16.0 Å². The number of hydrogen-bond donors (Lipinski definition) is 1. The fourth-order valence-electron chi connectivity index (χ4n) is 3.25. The molecule has 1 saturated heterocycles. The van der Waals surface area contributed by atoms with Crippen LogP contribution < -0.4 is 4.90 Å². The Hall–Kier alpha value is -2.13. The van der Waals surface area contributed by atoms with E-state index in [1.807, 2.05) is 0 Å². The van der Waals surface area contributed by atoms with Crippen molar-refractivity contribution >= 4 is 15.7 Å². The Kier molecular flexibility index (Phi) is 5.18. The Bertz CT molecular complexity index is 945. The first-order valence-electron chi connectivity index (χ1n) is 8.36. The molecule has 2 aromatic rings. The summed E-state index contributed by atoms with van der Waals surface area (Å²) in [5.41, 5.74) is -0.392. The van der Waals surface area contributed by atoms with E-state index >= 15 is 0 Å². The smallest absolute Gasteiger partial charge is 0.394 e. The Morgan fingerprint density at radius 1 is 1.30 bits per heavy atom. The molecule has 0 bridgehead atoms. The number of aliphatic hydroxyl groups is 1. The number of benzene rings is 1. The van der Waals surface area contributed by atoms with Crippen LogP contribution in [0.1, 0.15) is 18.4 Å². The number of rotatable bonds is 4. The fourth-order valence-corrected chi connectivity index (χ4v) is 3.92. The van der Waals surface area contributed by atoms with E-state index in [2.05, 4.69) is 4.98 Å². The topological polar surface area (TPSA) is 70.5 Å². The molecule has 3 rings (SSSR count). The quantitative estimate of drug-likeness (QED) is 0.854. The highest BCUT2D eigenvalue weighted by atomic mass is 32.2. The van der Waals surface area contributed by atoms with Gasteiger partial charge in [-0.1, -0.05) is 12.1 Å². The van der Waals surface area contributed by atoms with Crippen LogP contribution in [0.4, 0.5) is 19.0 Å². The number of pyridine rings is 1. The van der Waals surface area contributed by atoms with Crippen molar-refractivity contribution in [1.82, 2.24) is 4.98 Å². The summed E-state index contributed by atoms with van der Waals surface area (Å²) in [4.78, 5) is 5.84. The van der Waals surface area contributed by atoms with Gasteiger partial charge in [-0.2, -0.15) is 13.2 Å². The van der Waals surface area contributed by atoms with Gasteiger partial charge in [0, 0.05) is 24.6 Å². The van der Waals surface area contributed by atoms with Crippen molar-refractivity contribution in [1.29, 1.82) is 0 Å². The summed E-state index contributed by atoms with van der Waals surface area (Å²) in [6.07, 6.45) is -1.26. The van der Waals surface area contributed by atoms with Gasteiger partial charge in [0.2, 0.25) is 0 Å². The molecule has 5 nitrogen and oxygen atoms in total. The monoisotopic (exact) mass is 400 g/mol. The third-order valence-electron chi connectivity index (χ3n) is 4.63. The van der Waals surface area contributed by atoms with Crippen molar-refractivity contribution < 1.29 is 26.7 Å². The van der Waals surface area contributed by atoms with Crippen LogP contribution in [-0.4, -0.2) is 44.0 Å². The normalized spacial score (nSPS) is 18.1. The lowest BCUT2D eigenvalue weighted by Crippen LogP contribution is -2.33. The molecule has 1 aliphatic heterocycles. The molecule has 1 N–H and O–H groups in total. The summed E-state index contributed by atoms with van der Waals surface area (Å²) in [5, 5.41) is 9.57. The maximum atomic E-state index is 13.2. The first kappa shape index (κ1) is 19.6. The van der Waals surface area contributed by atoms with Crippen LogP contribution in [0, 0.1) is 0 Å². The largest absolute Gasteiger partial charge is 0.417 e. The Morgan fingerprint density at radius 3 is 2.67 bits per heavy atom. The van der Waals surface area contributed by atoms with Crippen LogP contribution in [0.5, 0.6) is 0 Å². The number of aromatic nitrogens is 1. The lowest BCUT2D eigenvalue weighted by molar-refractivity contribution is -0.137. The van der Waals surface area contributed by atoms with Crippen molar-refractivity contribution in [2.45, 2.75) is 30.0 Å². The fraction of sp³-hybridized carbons (Fsp3) is 0.389. The van der Waals surface area contributed by atoms with Gasteiger partial charge in [0.25, 0.3) is 0 Å². The minimum Gasteiger partial charge on any atom is -0.394 e. The third-order valence-corrected chi connectivity index (χ3v) is 5.74. The van der Waals surface area contributed by atoms with E-state index in [4.69, 9.17) is 0 Å². The van der Waals surface area contributed by atoms with E-state index in [9.17, 15) is 26.7 Å². The third kappa shape index (κ3) is 4.08. The van der Waals surface area contributed by atoms with Gasteiger partial charge in [0.05, 0.1) is 23.1 Å². The van der Waals surface area contributed by atoms with Gasteiger partial charge < -0.3 is 10.0 Å². The van der Waals surface area contributed by atoms with Crippen molar-refractivity contribution in [2.24, 2.45) is 0 Å². The van der Waals surface area contributed by atoms with E-state index in [1.54, 1.807) is 11.0 Å². The van der Waals surface area contributed by atoms with Gasteiger partial charge in [0.1, 0.15) is 5.82 Å². The van der Waals surface area contributed by atoms with E-state index < -0.39 is 21.6 Å². The molecule has 2 heterocycles. The molecule has 1 aromatic carbocycles. The molecule has 9 heteroatoms. The molecule has 1 fully saturated rings. The molecule has 1 aromatic heterocycles. The summed E-state index contributed by atoms with van der Waals surface area (Å²) < 4.78 is 63.3. The molecule has 0 aliphatic carbocycles. The molecular formula is C18H19F3N2O3S. The molecular weight excluding hydrogens is 381 g/mol. The number of halogens is 3. The SMILES string of the molecule is CS(=O)(=O)c1cccc(-c2cc(C(F)(F)F)cnc2N2CCC[C@@H]2CO)c1. The first-order valence-corrected chi connectivity index (χ1v) is 10.3. The Balaban J connectivity index is 2.19. The highest BCUT2D eigenvalue weighted by molar-refractivity contribution is 7.90. The number of aliphatic hydroxyl groups excluding tert-OH is 1. The van der Waals surface area contributed by atoms with Gasteiger partial charge in [-0.15, -0.1) is 0 Å². The second-order valence-corrected chi connectivity index (χ2v) is 8.58. The summed E-state index contributed by atoms with van der Waals surface area (Å²) in [5.74, 6) is 0.310. The van der Waals surface area contributed by atoms with Gasteiger partial charge in [-0.3, -0.25) is 0 Å². The molecule has 1 aliphatic rings. The minimum absolute atomic E-state index is 0.0171. The Labute approximate surface area is 155 Å². The maximum Gasteiger partial charge on any atom is 0.417 e. The van der Waals surface area contributed by atoms with Crippen LogP contribution in [0.15, 0.2) is 41.4 Å². The summed E-state index contributed by atoms with van der Waals surface area (Å²) in [6.45, 7) is 0.424. The summed E-state index contributed by atoms with van der Waals surface area (Å²) >= 11 is 0. The van der Waals surface area contributed by atoms with Crippen LogP contribution >= 0.6 is 0 Å². The van der Waals surface area contributed by atoms with Crippen molar-refractivity contribution in [3.8, 4) is 11.1 Å². The highest BCUT2D eigenvalue weighted by Crippen LogP contribution is 2.38. The maximum absolute atomic E-state index is 13.2. The molecule has 27 heavy (non-hydrogen) atoms. The van der Waals surface area contributed by atoms with Gasteiger partial charge in [0.15, 0.2) is 9.84 Å². The van der Waals surface area contributed by atoms with E-state index in [0.29, 0.717) is 24.3 Å². The second kappa shape index (κ2) is 7.12. The molecule has 0 radical (unpaired) electrons. The van der Waals surface area contributed by atoms with Crippen molar-refractivity contribution in [2.75, 3.05) is 24.3 Å². The lowest BCUT2D eigenvalue weighted by Gasteiger charge is -2.27. The minimum atomic E-state index is -4.57. The summed E-state index contributed by atoms with van der Waals surface area (Å²) in [7, 11) is -3.52. The first-order chi connectivity index (χ1) is 12.6. The molecule has 0 unspecified atom stereocenters. The van der Waals surface area contributed by atoms with Crippen LogP contribution in [0.25, 0.3) is 11.1 Å². The van der Waals surface area contributed by atoms with E-state index in [1.165, 1.54) is 18.2 Å². The molecule has 146 valence electrons. The predicted molar refractivity (Wildman–Crippen MR) is 95.2 cm³/mol. The van der Waals surface area contributed by atoms with E-state index in [0.717, 1.165) is 24.9 Å². The standard InChI is InChI=1S/C18H19F3N2O3S/c1-27(25,26)15-6-2-4-12(8-15)16-9-13(18(19,20)21)10-22-17(16)23-7-3-5-14(23)11-24/h2,4,6,8-10,14,24H,3,5,7,11H2,1H3/t14-/m1/s1. The lowest BCUT2D eigenvalue weighted by atomic mass is 10.0. The average Bonchev–Trinajstić information content (AvgIpc) is 3.08. The number of anilines is 1. The number of nitrogens with zero attached hydrogens (tertiary/aromatic N) is 2. The Morgan fingerprint density at radius 2 is 2.04 bits per heavy atom. The van der Waals surface area contributed by atoms with Crippen molar-refractivity contribution in [3.05, 3.63) is 42.1 Å². The van der Waals surface area contributed by atoms with Crippen LogP contribution in [0.2, 0.25) is 0 Å². The zero-order valence-corrected chi connectivity index (χ0v) is 15.4. The molecule has 1 atom stereocenters. The van der Waals surface area contributed by atoms with Gasteiger partial charge >= 0.3 is 6.18 Å². The second-order valence-electron chi connectivity index (χ2n) is 6.56. The average molecular weight is 400 g/mol. The van der Waals surface area contributed by atoms with Crippen molar-refractivity contribution in [3.63, 3.8) is 0 Å². The number of sulfone groups is 1. The number of alkyl halides is 3. The van der Waals surface area contributed by atoms with Gasteiger partial charge in [-0.25, -0.2) is 13.4 Å². The van der Waals surface area contributed by atoms with Crippen LogP contribution in [0.3, 0.4) is 0 Å². The zero-order valence-electron chi connectivity index (χ0n) is 14.6. The zero-order chi connectivity index (χ0) is 19.8. The highest BCUT2D eigenvalue weighted by Gasteiger charge is 2.34. The molecule has 0 amide bonds. The van der Waals surface area contributed by atoms with Gasteiger partial charge in [-0.05, 0) is 36.6 Å². The number of hydrogen-bond acceptors (Lipinski definition) is 5. The predicted octanol–water partition coefficient (Wildman–Crippen LogP) is 3.13. The molecule has 0 spiro atoms.